The van der Waals surface area contributed by atoms with E-state index in [4.69, 9.17) is 15.6 Å². The molecule has 0 atom stereocenters. The Bertz CT molecular complexity index is 1030. The minimum absolute atomic E-state index is 0.0289. The monoisotopic (exact) mass is 393 g/mol. The number of nitrogens with zero attached hydrogens (tertiary/aromatic N) is 5. The van der Waals surface area contributed by atoms with E-state index in [1.165, 1.54) is 12.4 Å². The van der Waals surface area contributed by atoms with Gasteiger partial charge in [0.05, 0.1) is 24.5 Å². The number of hydrogen-bond acceptors (Lipinski definition) is 8. The molecule has 0 saturated heterocycles. The van der Waals surface area contributed by atoms with Crippen molar-refractivity contribution < 1.29 is 9.84 Å². The first kappa shape index (κ1) is 20.0. The lowest BCUT2D eigenvalue weighted by Crippen LogP contribution is -2.06. The third-order valence-electron chi connectivity index (χ3n) is 3.75. The summed E-state index contributed by atoms with van der Waals surface area (Å²) in [6, 6.07) is 11.0. The molecule has 4 N–H and O–H groups in total. The number of ether oxygens (including phenoxy) is 1. The molecule has 9 heteroatoms. The van der Waals surface area contributed by atoms with Gasteiger partial charge in [0.15, 0.2) is 5.82 Å². The lowest BCUT2D eigenvalue weighted by Gasteiger charge is -2.10. The Hall–Kier alpha value is -3.72. The van der Waals surface area contributed by atoms with Gasteiger partial charge in [0.2, 0.25) is 5.88 Å². The van der Waals surface area contributed by atoms with Crippen LogP contribution >= 0.6 is 0 Å². The van der Waals surface area contributed by atoms with Crippen molar-refractivity contribution in [2.24, 2.45) is 10.7 Å². The van der Waals surface area contributed by atoms with Crippen LogP contribution in [0.4, 0.5) is 5.82 Å². The molecule has 9 nitrogen and oxygen atoms in total. The van der Waals surface area contributed by atoms with E-state index in [-0.39, 0.29) is 6.61 Å². The summed E-state index contributed by atoms with van der Waals surface area (Å²) in [4.78, 5) is 12.8. The Kier molecular flexibility index (Phi) is 6.54. The zero-order chi connectivity index (χ0) is 20.6. The molecule has 0 fully saturated rings. The third-order valence-corrected chi connectivity index (χ3v) is 3.75. The van der Waals surface area contributed by atoms with Gasteiger partial charge in [-0.1, -0.05) is 6.07 Å². The standard InChI is InChI=1S/C20H23N7O2/c1-14-4-3-5-19(24-14)27-20(10-15(2)26-27)29-17-6-7-23-18(11-17)25-16(12-21)13-22-8-9-28/h3-7,10-13,28H,8-9,21H2,1-2H3,(H,23,25). The fraction of sp³-hybridized carbons (Fsp3) is 0.200. The number of allylic oxidation sites excluding steroid dienone is 1. The van der Waals surface area contributed by atoms with Gasteiger partial charge in [0, 0.05) is 36.4 Å². The van der Waals surface area contributed by atoms with Crippen molar-refractivity contribution in [1.29, 1.82) is 0 Å². The Morgan fingerprint density at radius 3 is 2.90 bits per heavy atom. The molecular weight excluding hydrogens is 370 g/mol. The van der Waals surface area contributed by atoms with Gasteiger partial charge in [-0.2, -0.15) is 9.78 Å². The summed E-state index contributed by atoms with van der Waals surface area (Å²) < 4.78 is 7.70. The van der Waals surface area contributed by atoms with E-state index in [2.05, 4.69) is 25.4 Å². The average molecular weight is 393 g/mol. The first-order valence-electron chi connectivity index (χ1n) is 9.03. The number of aromatic nitrogens is 4. The maximum absolute atomic E-state index is 8.81. The average Bonchev–Trinajstić information content (AvgIpc) is 3.07. The zero-order valence-corrected chi connectivity index (χ0v) is 16.3. The number of nitrogens with one attached hydrogen (secondary N) is 1. The van der Waals surface area contributed by atoms with Gasteiger partial charge in [-0.25, -0.2) is 9.97 Å². The van der Waals surface area contributed by atoms with Crippen LogP contribution in [-0.4, -0.2) is 44.2 Å². The summed E-state index contributed by atoms with van der Waals surface area (Å²) in [5.41, 5.74) is 7.86. The van der Waals surface area contributed by atoms with Gasteiger partial charge < -0.3 is 20.9 Å². The third kappa shape index (κ3) is 5.39. The molecule has 3 heterocycles. The molecular formula is C20H23N7O2. The molecule has 3 rings (SSSR count). The molecule has 0 aliphatic rings. The van der Waals surface area contributed by atoms with E-state index in [0.717, 1.165) is 11.4 Å². The largest absolute Gasteiger partial charge is 0.439 e. The highest BCUT2D eigenvalue weighted by Gasteiger charge is 2.12. The predicted molar refractivity (Wildman–Crippen MR) is 111 cm³/mol. The maximum Gasteiger partial charge on any atom is 0.224 e. The van der Waals surface area contributed by atoms with Crippen LogP contribution in [-0.2, 0) is 0 Å². The molecule has 0 amide bonds. The molecule has 0 aliphatic carbocycles. The van der Waals surface area contributed by atoms with E-state index in [1.54, 1.807) is 23.0 Å². The van der Waals surface area contributed by atoms with Crippen LogP contribution < -0.4 is 15.8 Å². The summed E-state index contributed by atoms with van der Waals surface area (Å²) in [6.45, 7) is 4.08. The fourth-order valence-electron chi connectivity index (χ4n) is 2.51. The summed E-state index contributed by atoms with van der Waals surface area (Å²) in [7, 11) is 0. The normalized spacial score (nSPS) is 11.8. The Balaban J connectivity index is 1.81. The second-order valence-corrected chi connectivity index (χ2v) is 6.16. The van der Waals surface area contributed by atoms with Crippen molar-refractivity contribution in [2.75, 3.05) is 18.5 Å². The molecule has 0 aromatic carbocycles. The Labute approximate surface area is 168 Å². The Morgan fingerprint density at radius 1 is 1.28 bits per heavy atom. The predicted octanol–water partition coefficient (Wildman–Crippen LogP) is 2.35. The molecule has 150 valence electrons. The minimum Gasteiger partial charge on any atom is -0.439 e. The van der Waals surface area contributed by atoms with E-state index in [9.17, 15) is 0 Å². The molecule has 0 bridgehead atoms. The van der Waals surface area contributed by atoms with Crippen LogP contribution in [0.3, 0.4) is 0 Å². The van der Waals surface area contributed by atoms with Crippen LogP contribution in [0.5, 0.6) is 11.6 Å². The number of aliphatic hydroxyl groups excluding tert-OH is 1. The first-order chi connectivity index (χ1) is 14.1. The fourth-order valence-corrected chi connectivity index (χ4v) is 2.51. The molecule has 0 aliphatic heterocycles. The van der Waals surface area contributed by atoms with Crippen molar-refractivity contribution in [2.45, 2.75) is 13.8 Å². The van der Waals surface area contributed by atoms with Gasteiger partial charge >= 0.3 is 0 Å². The second-order valence-electron chi connectivity index (χ2n) is 6.16. The number of pyridine rings is 2. The first-order valence-corrected chi connectivity index (χ1v) is 9.03. The lowest BCUT2D eigenvalue weighted by molar-refractivity contribution is 0.307. The highest BCUT2D eigenvalue weighted by Crippen LogP contribution is 2.26. The van der Waals surface area contributed by atoms with Crippen LogP contribution in [0, 0.1) is 13.8 Å². The van der Waals surface area contributed by atoms with Crippen LogP contribution in [0.2, 0.25) is 0 Å². The van der Waals surface area contributed by atoms with Crippen molar-refractivity contribution in [3.8, 4) is 17.4 Å². The summed E-state index contributed by atoms with van der Waals surface area (Å²) in [5.74, 6) is 2.32. The van der Waals surface area contributed by atoms with Gasteiger partial charge in [-0.3, -0.25) is 4.99 Å². The number of nitrogens with two attached hydrogens (primary N) is 1. The zero-order valence-electron chi connectivity index (χ0n) is 16.3. The van der Waals surface area contributed by atoms with Crippen LogP contribution in [0.15, 0.2) is 59.5 Å². The topological polar surface area (TPSA) is 123 Å². The number of aliphatic hydroxyl groups is 1. The smallest absolute Gasteiger partial charge is 0.224 e. The highest BCUT2D eigenvalue weighted by atomic mass is 16.5. The van der Waals surface area contributed by atoms with E-state index in [1.807, 2.05) is 38.1 Å². The van der Waals surface area contributed by atoms with E-state index >= 15 is 0 Å². The number of aliphatic imine (C=N–C) groups is 1. The molecule has 0 saturated carbocycles. The van der Waals surface area contributed by atoms with E-state index in [0.29, 0.717) is 35.5 Å². The minimum atomic E-state index is -0.0289. The Morgan fingerprint density at radius 2 is 2.14 bits per heavy atom. The summed E-state index contributed by atoms with van der Waals surface area (Å²) >= 11 is 0. The number of anilines is 1. The summed E-state index contributed by atoms with van der Waals surface area (Å²) in [6.07, 6.45) is 4.53. The maximum atomic E-state index is 8.81. The molecule has 3 aromatic rings. The SMILES string of the molecule is Cc1cccc(-n2nc(C)cc2Oc2ccnc(NC(C=NCCO)=CN)c2)n1. The van der Waals surface area contributed by atoms with Gasteiger partial charge in [-0.15, -0.1) is 0 Å². The quantitative estimate of drug-likeness (QED) is 0.502. The van der Waals surface area contributed by atoms with Gasteiger partial charge in [0.25, 0.3) is 0 Å². The molecule has 0 spiro atoms. The lowest BCUT2D eigenvalue weighted by atomic mass is 10.4. The number of rotatable bonds is 8. The second kappa shape index (κ2) is 9.47. The van der Waals surface area contributed by atoms with Crippen molar-refractivity contribution in [3.05, 3.63) is 65.9 Å². The number of hydrogen-bond donors (Lipinski definition) is 3. The van der Waals surface area contributed by atoms with Gasteiger partial charge in [-0.05, 0) is 32.0 Å². The molecule has 0 radical (unpaired) electrons. The molecule has 0 unspecified atom stereocenters. The van der Waals surface area contributed by atoms with Crippen molar-refractivity contribution in [1.82, 2.24) is 19.7 Å². The van der Waals surface area contributed by atoms with Crippen LogP contribution in [0.1, 0.15) is 11.4 Å². The molecule has 3 aromatic heterocycles. The van der Waals surface area contributed by atoms with Crippen molar-refractivity contribution >= 4 is 12.0 Å². The van der Waals surface area contributed by atoms with E-state index < -0.39 is 0 Å². The number of aryl methyl sites for hydroxylation is 2. The molecule has 29 heavy (non-hydrogen) atoms. The van der Waals surface area contributed by atoms with Gasteiger partial charge in [0.1, 0.15) is 11.6 Å². The highest BCUT2D eigenvalue weighted by molar-refractivity contribution is 5.82. The van der Waals surface area contributed by atoms with Crippen molar-refractivity contribution in [3.63, 3.8) is 0 Å². The summed E-state index contributed by atoms with van der Waals surface area (Å²) in [5, 5.41) is 16.3. The van der Waals surface area contributed by atoms with Crippen LogP contribution in [0.25, 0.3) is 5.82 Å².